The van der Waals surface area contributed by atoms with Crippen molar-refractivity contribution in [2.75, 3.05) is 43.4 Å². The van der Waals surface area contributed by atoms with Crippen LogP contribution in [0.5, 0.6) is 6.01 Å². The van der Waals surface area contributed by atoms with Crippen molar-refractivity contribution in [2.24, 2.45) is 11.8 Å². The zero-order valence-corrected chi connectivity index (χ0v) is 24.8. The van der Waals surface area contributed by atoms with Crippen LogP contribution in [0.2, 0.25) is 0 Å². The van der Waals surface area contributed by atoms with Gasteiger partial charge in [-0.05, 0) is 63.8 Å². The fourth-order valence-corrected chi connectivity index (χ4v) is 9.17. The summed E-state index contributed by atoms with van der Waals surface area (Å²) in [5.41, 5.74) is 6.51. The van der Waals surface area contributed by atoms with E-state index in [0.717, 1.165) is 62.1 Å². The Balaban J connectivity index is 1.14. The highest BCUT2D eigenvalue weighted by Crippen LogP contribution is 2.49. The standard InChI is InChI=1S/C29H34FN9O3S/c1-28(5-2-4-20-21(28)18(10-31)22(32)43-20)25-33-24(37-42-25)23-34-26(38-11-15-8-17(15)19(40)13-38)36-27(35-23)41-14-29-6-3-7-39(29)12-16(30)9-29/h15-17,19,40H,2-9,11-14,32H2,1H3/t15?,16-,17?,19?,28+,29+/m1/s1. The van der Waals surface area contributed by atoms with E-state index in [1.165, 1.54) is 11.3 Å². The number of ether oxygens (including phenoxy) is 1. The Morgan fingerprint density at radius 1 is 1.19 bits per heavy atom. The Kier molecular flexibility index (Phi) is 6.19. The molecule has 1 saturated carbocycles. The molecule has 3 aliphatic heterocycles. The fourth-order valence-electron chi connectivity index (χ4n) is 7.98. The van der Waals surface area contributed by atoms with E-state index in [0.29, 0.717) is 53.7 Å². The van der Waals surface area contributed by atoms with Gasteiger partial charge < -0.3 is 25.0 Å². The van der Waals surface area contributed by atoms with Gasteiger partial charge in [-0.15, -0.1) is 11.3 Å². The maximum Gasteiger partial charge on any atom is 0.321 e. The summed E-state index contributed by atoms with van der Waals surface area (Å²) >= 11 is 1.45. The largest absolute Gasteiger partial charge is 0.461 e. The van der Waals surface area contributed by atoms with Gasteiger partial charge in [0.05, 0.1) is 22.6 Å². The number of aromatic nitrogens is 5. The number of aryl methyl sites for hydroxylation is 1. The lowest BCUT2D eigenvalue weighted by Crippen LogP contribution is -2.44. The number of aliphatic hydroxyl groups excluding tert-OH is 1. The van der Waals surface area contributed by atoms with E-state index in [9.17, 15) is 14.8 Å². The van der Waals surface area contributed by atoms with E-state index < -0.39 is 17.7 Å². The Morgan fingerprint density at radius 2 is 2.07 bits per heavy atom. The van der Waals surface area contributed by atoms with Crippen molar-refractivity contribution in [3.05, 3.63) is 21.9 Å². The van der Waals surface area contributed by atoms with Gasteiger partial charge in [0.15, 0.2) is 0 Å². The third kappa shape index (κ3) is 4.38. The molecule has 0 amide bonds. The first-order valence-electron chi connectivity index (χ1n) is 15.1. The molecule has 3 aromatic rings. The predicted octanol–water partition coefficient (Wildman–Crippen LogP) is 2.85. The third-order valence-electron chi connectivity index (χ3n) is 10.3. The predicted molar refractivity (Wildman–Crippen MR) is 154 cm³/mol. The van der Waals surface area contributed by atoms with Gasteiger partial charge in [-0.25, -0.2) is 4.39 Å². The molecule has 3 aromatic heterocycles. The summed E-state index contributed by atoms with van der Waals surface area (Å²) in [6.45, 7) is 4.73. The van der Waals surface area contributed by atoms with Gasteiger partial charge in [-0.1, -0.05) is 5.16 Å². The topological polar surface area (TPSA) is 163 Å². The SMILES string of the molecule is C[C@]1(c2nc(-c3nc(OC[C@@]45CCCN4C[C@H](F)C5)nc(N4CC(O)C5CC5C4)n3)no2)CCCc2sc(N)c(C#N)c21. The molecule has 0 aromatic carbocycles. The number of piperidine rings is 1. The number of nitriles is 1. The van der Waals surface area contributed by atoms with Crippen molar-refractivity contribution in [1.82, 2.24) is 30.0 Å². The number of hydrogen-bond donors (Lipinski definition) is 2. The number of anilines is 2. The van der Waals surface area contributed by atoms with Crippen LogP contribution in [-0.4, -0.2) is 85.7 Å². The van der Waals surface area contributed by atoms with Gasteiger partial charge in [0.1, 0.15) is 23.8 Å². The van der Waals surface area contributed by atoms with Crippen LogP contribution >= 0.6 is 11.3 Å². The molecule has 3 saturated heterocycles. The van der Waals surface area contributed by atoms with Crippen molar-refractivity contribution in [2.45, 2.75) is 75.1 Å². The molecule has 2 aliphatic carbocycles. The molecule has 5 aliphatic rings. The van der Waals surface area contributed by atoms with Crippen molar-refractivity contribution < 1.29 is 18.8 Å². The van der Waals surface area contributed by atoms with Gasteiger partial charge in [0.2, 0.25) is 23.5 Å². The molecule has 8 rings (SSSR count). The number of thiophene rings is 1. The Hall–Kier alpha value is -3.41. The van der Waals surface area contributed by atoms with E-state index >= 15 is 0 Å². The molecule has 6 heterocycles. The average Bonchev–Trinajstić information content (AvgIpc) is 3.27. The number of aliphatic hydroxyl groups is 1. The van der Waals surface area contributed by atoms with Gasteiger partial charge >= 0.3 is 6.01 Å². The molecule has 226 valence electrons. The van der Waals surface area contributed by atoms with Crippen LogP contribution in [-0.2, 0) is 11.8 Å². The number of rotatable bonds is 6. The van der Waals surface area contributed by atoms with E-state index in [2.05, 4.69) is 26.1 Å². The summed E-state index contributed by atoms with van der Waals surface area (Å²) in [7, 11) is 0. The minimum atomic E-state index is -0.866. The molecule has 3 N–H and O–H groups in total. The Morgan fingerprint density at radius 3 is 2.91 bits per heavy atom. The van der Waals surface area contributed by atoms with E-state index in [-0.39, 0.29) is 29.8 Å². The summed E-state index contributed by atoms with van der Waals surface area (Å²) in [5.74, 6) is 1.88. The average molecular weight is 608 g/mol. The Labute approximate surface area is 252 Å². The van der Waals surface area contributed by atoms with Crippen molar-refractivity contribution in [3.63, 3.8) is 0 Å². The monoisotopic (exact) mass is 607 g/mol. The van der Waals surface area contributed by atoms with Crippen LogP contribution in [0.25, 0.3) is 11.6 Å². The summed E-state index contributed by atoms with van der Waals surface area (Å²) < 4.78 is 26.5. The minimum absolute atomic E-state index is 0.117. The van der Waals surface area contributed by atoms with Crippen LogP contribution in [0.15, 0.2) is 4.52 Å². The zero-order chi connectivity index (χ0) is 29.5. The second-order valence-corrected chi connectivity index (χ2v) is 14.2. The second-order valence-electron chi connectivity index (χ2n) is 13.1. The van der Waals surface area contributed by atoms with E-state index in [1.54, 1.807) is 0 Å². The van der Waals surface area contributed by atoms with Crippen LogP contribution in [0.3, 0.4) is 0 Å². The molecular weight excluding hydrogens is 573 g/mol. The minimum Gasteiger partial charge on any atom is -0.461 e. The highest BCUT2D eigenvalue weighted by atomic mass is 32.1. The van der Waals surface area contributed by atoms with Gasteiger partial charge in [0.25, 0.3) is 0 Å². The molecule has 43 heavy (non-hydrogen) atoms. The molecular formula is C29H34FN9O3S. The zero-order valence-electron chi connectivity index (χ0n) is 24.0. The summed E-state index contributed by atoms with van der Waals surface area (Å²) in [6.07, 6.45) is 4.47. The van der Waals surface area contributed by atoms with Crippen LogP contribution < -0.4 is 15.4 Å². The maximum absolute atomic E-state index is 14.4. The molecule has 4 fully saturated rings. The van der Waals surface area contributed by atoms with Gasteiger partial charge in [0, 0.05) is 36.5 Å². The van der Waals surface area contributed by atoms with Crippen LogP contribution in [0.4, 0.5) is 15.3 Å². The Bertz CT molecular complexity index is 1620. The van der Waals surface area contributed by atoms with E-state index in [1.807, 2.05) is 11.8 Å². The number of β-amino-alcohol motifs (C(OH)–C–C–N with tert-alkyl or cyclic N) is 1. The van der Waals surface area contributed by atoms with Crippen molar-refractivity contribution >= 4 is 22.3 Å². The van der Waals surface area contributed by atoms with Gasteiger partial charge in [-0.3, -0.25) is 4.90 Å². The molecule has 6 atom stereocenters. The van der Waals surface area contributed by atoms with Crippen molar-refractivity contribution in [1.29, 1.82) is 5.26 Å². The molecule has 0 spiro atoms. The molecule has 0 radical (unpaired) electrons. The highest BCUT2D eigenvalue weighted by molar-refractivity contribution is 7.16. The van der Waals surface area contributed by atoms with Crippen LogP contribution in [0.1, 0.15) is 67.3 Å². The number of alkyl halides is 1. The number of nitrogens with zero attached hydrogens (tertiary/aromatic N) is 8. The quantitative estimate of drug-likeness (QED) is 0.422. The smallest absolute Gasteiger partial charge is 0.321 e. The first-order valence-corrected chi connectivity index (χ1v) is 16.0. The maximum atomic E-state index is 14.4. The fraction of sp³-hybridized carbons (Fsp3) is 0.655. The number of fused-ring (bicyclic) bond motifs is 3. The van der Waals surface area contributed by atoms with Crippen LogP contribution in [0, 0.1) is 23.2 Å². The molecule has 3 unspecified atom stereocenters. The number of nitrogens with two attached hydrogens (primary N) is 1. The van der Waals surface area contributed by atoms with Gasteiger partial charge in [-0.2, -0.15) is 25.2 Å². The van der Waals surface area contributed by atoms with E-state index in [4.69, 9.17) is 25.0 Å². The number of halogens is 1. The summed E-state index contributed by atoms with van der Waals surface area (Å²) in [5, 5.41) is 25.3. The highest BCUT2D eigenvalue weighted by Gasteiger charge is 2.50. The summed E-state index contributed by atoms with van der Waals surface area (Å²) in [6, 6.07) is 2.39. The van der Waals surface area contributed by atoms with Crippen molar-refractivity contribution in [3.8, 4) is 23.7 Å². The first kappa shape index (κ1) is 27.2. The number of nitrogen functional groups attached to an aromatic ring is 1. The summed E-state index contributed by atoms with van der Waals surface area (Å²) in [4.78, 5) is 24.0. The lowest BCUT2D eigenvalue weighted by Gasteiger charge is -2.31. The lowest BCUT2D eigenvalue weighted by atomic mass is 9.72. The molecule has 12 nitrogen and oxygen atoms in total. The first-order chi connectivity index (χ1) is 20.8. The number of hydrogen-bond acceptors (Lipinski definition) is 13. The second kappa shape index (κ2) is 9.80. The lowest BCUT2D eigenvalue weighted by molar-refractivity contribution is 0.107. The third-order valence-corrected chi connectivity index (χ3v) is 11.4. The molecule has 14 heteroatoms. The normalized spacial score (nSPS) is 33.1. The molecule has 0 bridgehead atoms.